The Kier molecular flexibility index (Phi) is 4.14. The third-order valence-electron chi connectivity index (χ3n) is 3.93. The molecule has 0 spiro atoms. The topological polar surface area (TPSA) is 70.8 Å². The molecule has 9 heteroatoms. The van der Waals surface area contributed by atoms with E-state index in [1.54, 1.807) is 27.7 Å². The molecular weight excluding hydrogens is 299 g/mol. The van der Waals surface area contributed by atoms with E-state index in [9.17, 15) is 18.9 Å². The van der Waals surface area contributed by atoms with Crippen molar-refractivity contribution < 1.29 is 27.7 Å². The predicted octanol–water partition coefficient (Wildman–Crippen LogP) is 2.50. The number of hydrogen-bond acceptors (Lipinski definition) is 5. The lowest BCUT2D eigenvalue weighted by molar-refractivity contribution is -0.384. The van der Waals surface area contributed by atoms with Gasteiger partial charge in [-0.05, 0) is 33.8 Å². The van der Waals surface area contributed by atoms with Crippen LogP contribution in [0.1, 0.15) is 27.7 Å². The van der Waals surface area contributed by atoms with Crippen LogP contribution in [-0.2, 0) is 9.31 Å². The zero-order valence-corrected chi connectivity index (χ0v) is 12.6. The van der Waals surface area contributed by atoms with Crippen LogP contribution < -0.4 is 10.2 Å². The molecule has 0 unspecified atom stereocenters. The number of non-ortho nitro benzene ring substituents is 1. The van der Waals surface area contributed by atoms with E-state index in [2.05, 4.69) is 4.74 Å². The Morgan fingerprint density at radius 3 is 2.23 bits per heavy atom. The highest BCUT2D eigenvalue weighted by Gasteiger charge is 2.52. The van der Waals surface area contributed by atoms with Crippen molar-refractivity contribution in [2.45, 2.75) is 45.5 Å². The summed E-state index contributed by atoms with van der Waals surface area (Å²) >= 11 is 0. The molecule has 1 aromatic carbocycles. The van der Waals surface area contributed by atoms with Crippen LogP contribution in [0.3, 0.4) is 0 Å². The summed E-state index contributed by atoms with van der Waals surface area (Å²) in [6.07, 6.45) is 0. The Bertz CT molecular complexity index is 578. The maximum Gasteiger partial charge on any atom is 0.498 e. The first-order chi connectivity index (χ1) is 10.0. The lowest BCUT2D eigenvalue weighted by Gasteiger charge is -2.32. The molecule has 0 N–H and O–H groups in total. The first kappa shape index (κ1) is 16.6. The molecule has 1 aliphatic rings. The van der Waals surface area contributed by atoms with Gasteiger partial charge in [-0.3, -0.25) is 10.1 Å². The molecule has 0 aliphatic carbocycles. The summed E-state index contributed by atoms with van der Waals surface area (Å²) in [5.74, 6) is -0.209. The van der Waals surface area contributed by atoms with Crippen molar-refractivity contribution in [3.05, 3.63) is 28.3 Å². The Morgan fingerprint density at radius 2 is 1.77 bits per heavy atom. The molecule has 1 saturated heterocycles. The van der Waals surface area contributed by atoms with Crippen molar-refractivity contribution in [1.29, 1.82) is 0 Å². The van der Waals surface area contributed by atoms with E-state index >= 15 is 0 Å². The van der Waals surface area contributed by atoms with Gasteiger partial charge in [-0.2, -0.15) is 8.78 Å². The molecule has 0 aromatic heterocycles. The highest BCUT2D eigenvalue weighted by atomic mass is 19.3. The van der Waals surface area contributed by atoms with Crippen LogP contribution in [0.5, 0.6) is 5.75 Å². The van der Waals surface area contributed by atoms with E-state index in [1.807, 2.05) is 0 Å². The second-order valence-corrected chi connectivity index (χ2v) is 5.95. The Labute approximate surface area is 126 Å². The molecule has 1 aromatic rings. The minimum absolute atomic E-state index is 0.0631. The van der Waals surface area contributed by atoms with Crippen LogP contribution in [-0.4, -0.2) is 29.9 Å². The Hall–Kier alpha value is -1.74. The number of halogens is 2. The van der Waals surface area contributed by atoms with E-state index in [0.29, 0.717) is 0 Å². The van der Waals surface area contributed by atoms with Crippen LogP contribution in [0.15, 0.2) is 18.2 Å². The molecule has 1 fully saturated rings. The maximum atomic E-state index is 12.5. The van der Waals surface area contributed by atoms with E-state index < -0.39 is 29.9 Å². The smallest absolute Gasteiger partial charge is 0.435 e. The molecule has 0 atom stereocenters. The monoisotopic (exact) mass is 315 g/mol. The van der Waals surface area contributed by atoms with Gasteiger partial charge in [0.25, 0.3) is 5.69 Å². The summed E-state index contributed by atoms with van der Waals surface area (Å²) in [4.78, 5) is 10.3. The van der Waals surface area contributed by atoms with Crippen molar-refractivity contribution in [1.82, 2.24) is 0 Å². The number of nitrogens with zero attached hydrogens (tertiary/aromatic N) is 1. The van der Waals surface area contributed by atoms with Crippen LogP contribution in [0.2, 0.25) is 0 Å². The number of hydrogen-bond donors (Lipinski definition) is 0. The van der Waals surface area contributed by atoms with Gasteiger partial charge >= 0.3 is 13.7 Å². The molecule has 0 radical (unpaired) electrons. The molecule has 0 bridgehead atoms. The fourth-order valence-electron chi connectivity index (χ4n) is 2.01. The largest absolute Gasteiger partial charge is 0.498 e. The zero-order chi connectivity index (χ0) is 16.7. The van der Waals surface area contributed by atoms with E-state index in [4.69, 9.17) is 9.31 Å². The van der Waals surface area contributed by atoms with Crippen molar-refractivity contribution in [2.24, 2.45) is 0 Å². The van der Waals surface area contributed by atoms with Gasteiger partial charge in [0.05, 0.1) is 16.1 Å². The van der Waals surface area contributed by atoms with Crippen LogP contribution in [0, 0.1) is 10.1 Å². The number of rotatable bonds is 4. The first-order valence-corrected chi connectivity index (χ1v) is 6.62. The van der Waals surface area contributed by atoms with E-state index in [1.165, 1.54) is 0 Å². The summed E-state index contributed by atoms with van der Waals surface area (Å²) in [5.41, 5.74) is -1.60. The zero-order valence-electron chi connectivity index (χ0n) is 12.6. The molecule has 0 amide bonds. The Morgan fingerprint density at radius 1 is 1.23 bits per heavy atom. The lowest BCUT2D eigenvalue weighted by atomic mass is 9.78. The standard InChI is InChI=1S/C13H16BF2NO5/c1-12(2)13(3,4)22-14(21-12)9-7-8(17(18)19)5-6-10(9)20-11(15)16/h5-7,11H,1-4H3. The molecular formula is C13H16BF2NO5. The third kappa shape index (κ3) is 3.05. The summed E-state index contributed by atoms with van der Waals surface area (Å²) in [5, 5.41) is 10.9. The van der Waals surface area contributed by atoms with Crippen molar-refractivity contribution in [3.63, 3.8) is 0 Å². The highest BCUT2D eigenvalue weighted by molar-refractivity contribution is 6.63. The van der Waals surface area contributed by atoms with Gasteiger partial charge in [0.15, 0.2) is 0 Å². The van der Waals surface area contributed by atoms with Crippen LogP contribution in [0.4, 0.5) is 14.5 Å². The first-order valence-electron chi connectivity index (χ1n) is 6.62. The second-order valence-electron chi connectivity index (χ2n) is 5.95. The molecule has 6 nitrogen and oxygen atoms in total. The van der Waals surface area contributed by atoms with Gasteiger partial charge in [-0.25, -0.2) is 0 Å². The SMILES string of the molecule is CC1(C)OB(c2cc([N+](=O)[O-])ccc2OC(F)F)OC1(C)C. The average molecular weight is 315 g/mol. The summed E-state index contributed by atoms with van der Waals surface area (Å²) in [6, 6.07) is 3.33. The van der Waals surface area contributed by atoms with Crippen molar-refractivity contribution in [2.75, 3.05) is 0 Å². The van der Waals surface area contributed by atoms with Gasteiger partial charge < -0.3 is 14.0 Å². The van der Waals surface area contributed by atoms with Gasteiger partial charge in [0.2, 0.25) is 0 Å². The van der Waals surface area contributed by atoms with Gasteiger partial charge in [0, 0.05) is 17.6 Å². The Balaban J connectivity index is 2.44. The quantitative estimate of drug-likeness (QED) is 0.485. The molecule has 120 valence electrons. The summed E-state index contributed by atoms with van der Waals surface area (Å²) < 4.78 is 40.9. The van der Waals surface area contributed by atoms with Gasteiger partial charge in [-0.15, -0.1) is 0 Å². The molecule has 1 heterocycles. The second kappa shape index (κ2) is 5.47. The minimum Gasteiger partial charge on any atom is -0.435 e. The van der Waals surface area contributed by atoms with Gasteiger partial charge in [-0.1, -0.05) is 0 Å². The molecule has 1 aliphatic heterocycles. The number of nitro benzene ring substituents is 1. The maximum absolute atomic E-state index is 12.5. The average Bonchev–Trinajstić information content (AvgIpc) is 2.57. The fourth-order valence-corrected chi connectivity index (χ4v) is 2.01. The summed E-state index contributed by atoms with van der Waals surface area (Å²) in [6.45, 7) is 4.11. The van der Waals surface area contributed by atoms with Crippen molar-refractivity contribution in [3.8, 4) is 5.75 Å². The third-order valence-corrected chi connectivity index (χ3v) is 3.93. The predicted molar refractivity (Wildman–Crippen MR) is 75.4 cm³/mol. The molecule has 2 rings (SSSR count). The summed E-state index contributed by atoms with van der Waals surface area (Å²) in [7, 11) is -1.03. The van der Waals surface area contributed by atoms with Gasteiger partial charge in [0.1, 0.15) is 5.75 Å². The normalized spacial score (nSPS) is 19.5. The fraction of sp³-hybridized carbons (Fsp3) is 0.538. The van der Waals surface area contributed by atoms with Crippen LogP contribution >= 0.6 is 0 Å². The number of nitro groups is 1. The van der Waals surface area contributed by atoms with E-state index in [0.717, 1.165) is 18.2 Å². The van der Waals surface area contributed by atoms with Crippen molar-refractivity contribution >= 4 is 18.3 Å². The number of ether oxygens (including phenoxy) is 1. The minimum atomic E-state index is -3.05. The molecule has 0 saturated carbocycles. The highest BCUT2D eigenvalue weighted by Crippen LogP contribution is 2.37. The lowest BCUT2D eigenvalue weighted by Crippen LogP contribution is -2.41. The number of alkyl halides is 2. The van der Waals surface area contributed by atoms with E-state index in [-0.39, 0.29) is 16.9 Å². The number of benzene rings is 1. The molecule has 22 heavy (non-hydrogen) atoms. The van der Waals surface area contributed by atoms with Crippen LogP contribution in [0.25, 0.3) is 0 Å².